The highest BCUT2D eigenvalue weighted by Crippen LogP contribution is 2.52. The number of imidazole rings is 1. The molecule has 48 heavy (non-hydrogen) atoms. The number of alkyl halides is 1. The number of aliphatic hydroxyl groups is 1. The van der Waals surface area contributed by atoms with Gasteiger partial charge in [0, 0.05) is 13.0 Å². The number of nitrogen functional groups attached to an aromatic ring is 2. The molecule has 0 spiro atoms. The molecule has 0 aliphatic carbocycles. The summed E-state index contributed by atoms with van der Waals surface area (Å²) < 4.78 is 63.9. The molecule has 0 aromatic carbocycles. The summed E-state index contributed by atoms with van der Waals surface area (Å²) in [7, 11) is -2.26. The molecule has 4 aromatic heterocycles. The number of ether oxygens (including phenoxy) is 3. The zero-order chi connectivity index (χ0) is 34.4. The molecule has 21 nitrogen and oxygen atoms in total. The molecule has 0 radical (unpaired) electrons. The number of hydrogen-bond donors (Lipinski definition) is 6. The Bertz CT molecular complexity index is 1940. The predicted octanol–water partition coefficient (Wildman–Crippen LogP) is 0.380. The first-order valence-electron chi connectivity index (χ1n) is 14.0. The van der Waals surface area contributed by atoms with Crippen LogP contribution in [0.25, 0.3) is 22.3 Å². The number of anilines is 2. The van der Waals surface area contributed by atoms with Crippen molar-refractivity contribution in [3.63, 3.8) is 0 Å². The summed E-state index contributed by atoms with van der Waals surface area (Å²) in [6.45, 7) is -3.85. The van der Waals surface area contributed by atoms with Gasteiger partial charge in [-0.1, -0.05) is 5.21 Å². The Hall–Kier alpha value is -2.86. The second kappa shape index (κ2) is 13.8. The normalized spacial score (nSPS) is 29.1. The maximum atomic E-state index is 15.7. The third-order valence-electron chi connectivity index (χ3n) is 7.52. The number of halogens is 1. The van der Waals surface area contributed by atoms with Crippen molar-refractivity contribution in [1.29, 1.82) is 0 Å². The standard InChI is InChI=1S/C22H28FN11O10P2S2/c1-22(4-10(39-8-40-45(37)47)19(43-22)33-7-28-12-15(24)26-6-27-16(12)33)5-41-46(38,48)44-14-11(23)9(2-3-35)42-20(14)34-17-13(31-32-34)18(36)30-21(25)29-17/h6-7,9-11,14,19-20,35H,2-5,8H2,1H3,(H6-,24,25,26,27,29,30,32,36,37,38,47,48)/p+1/t9-,10-,11+,14-,19-,20-,22-,46?/m1/s1. The molecule has 6 rings (SSSR count). The molecule has 260 valence electrons. The molecule has 2 aliphatic heterocycles. The van der Waals surface area contributed by atoms with Gasteiger partial charge in [-0.15, -0.1) is 9.62 Å². The van der Waals surface area contributed by atoms with Crippen molar-refractivity contribution in [1.82, 2.24) is 44.5 Å². The summed E-state index contributed by atoms with van der Waals surface area (Å²) >= 11 is 8.99. The second-order valence-electron chi connectivity index (χ2n) is 10.9. The van der Waals surface area contributed by atoms with Gasteiger partial charge in [-0.25, -0.2) is 19.3 Å². The van der Waals surface area contributed by atoms with E-state index in [9.17, 15) is 19.4 Å². The minimum Gasteiger partial charge on any atom is -0.396 e. The number of H-pyrrole nitrogens is 1. The van der Waals surface area contributed by atoms with Gasteiger partial charge in [-0.05, 0) is 29.7 Å². The van der Waals surface area contributed by atoms with Crippen molar-refractivity contribution in [2.45, 2.75) is 62.3 Å². The van der Waals surface area contributed by atoms with Gasteiger partial charge in [0.05, 0.1) is 24.6 Å². The predicted molar refractivity (Wildman–Crippen MR) is 168 cm³/mol. The molecule has 6 heterocycles. The quantitative estimate of drug-likeness (QED) is 0.0611. The van der Waals surface area contributed by atoms with Crippen LogP contribution in [0.4, 0.5) is 16.2 Å². The van der Waals surface area contributed by atoms with Gasteiger partial charge in [-0.3, -0.25) is 18.9 Å². The highest BCUT2D eigenvalue weighted by atomic mass is 32.7. The Balaban J connectivity index is 1.22. The number of fused-ring (bicyclic) bond motifs is 2. The number of nitrogens with zero attached hydrogens (tertiary/aromatic N) is 8. The van der Waals surface area contributed by atoms with Gasteiger partial charge in [0.25, 0.3) is 5.56 Å². The lowest BCUT2D eigenvalue weighted by Gasteiger charge is -2.29. The van der Waals surface area contributed by atoms with E-state index in [-0.39, 0.29) is 42.4 Å². The van der Waals surface area contributed by atoms with Crippen LogP contribution in [0.3, 0.4) is 0 Å². The van der Waals surface area contributed by atoms with Crippen LogP contribution in [0.15, 0.2) is 17.4 Å². The van der Waals surface area contributed by atoms with Crippen LogP contribution in [-0.2, 0) is 44.2 Å². The summed E-state index contributed by atoms with van der Waals surface area (Å²) in [4.78, 5) is 42.2. The number of aromatic nitrogens is 9. The van der Waals surface area contributed by atoms with E-state index in [1.807, 2.05) is 0 Å². The number of aromatic amines is 1. The van der Waals surface area contributed by atoms with E-state index < -0.39 is 75.4 Å². The van der Waals surface area contributed by atoms with Gasteiger partial charge < -0.3 is 40.2 Å². The summed E-state index contributed by atoms with van der Waals surface area (Å²) in [5, 5.41) is 17.1. The molecular formula is C22H29FN11O10P2S2+. The van der Waals surface area contributed by atoms with E-state index in [4.69, 9.17) is 51.1 Å². The van der Waals surface area contributed by atoms with Crippen molar-refractivity contribution in [3.05, 3.63) is 23.0 Å². The van der Waals surface area contributed by atoms with Gasteiger partial charge >= 0.3 is 13.9 Å². The largest absolute Gasteiger partial charge is 0.584 e. The fourth-order valence-electron chi connectivity index (χ4n) is 5.42. The monoisotopic (exact) mass is 752 g/mol. The van der Waals surface area contributed by atoms with Crippen LogP contribution >= 0.6 is 26.2 Å². The molecule has 9 atom stereocenters. The lowest BCUT2D eigenvalue weighted by atomic mass is 10.0. The number of rotatable bonds is 13. The smallest absolute Gasteiger partial charge is 0.396 e. The van der Waals surface area contributed by atoms with Crippen molar-refractivity contribution < 1.29 is 46.7 Å². The molecule has 4 aromatic rings. The van der Waals surface area contributed by atoms with Crippen LogP contribution in [-0.4, -0.2) is 105 Å². The lowest BCUT2D eigenvalue weighted by Crippen LogP contribution is -2.33. The zero-order valence-electron chi connectivity index (χ0n) is 24.7. The number of nitrogens with two attached hydrogens (primary N) is 2. The van der Waals surface area contributed by atoms with E-state index in [1.165, 1.54) is 12.7 Å². The van der Waals surface area contributed by atoms with E-state index in [2.05, 4.69) is 47.5 Å². The lowest BCUT2D eigenvalue weighted by molar-refractivity contribution is -0.118. The summed E-state index contributed by atoms with van der Waals surface area (Å²) in [5.74, 6) is -0.123. The molecule has 2 unspecified atom stereocenters. The van der Waals surface area contributed by atoms with E-state index in [0.717, 1.165) is 4.68 Å². The minimum absolute atomic E-state index is 0.117. The highest BCUT2D eigenvalue weighted by molar-refractivity contribution is 8.39. The van der Waals surface area contributed by atoms with Crippen molar-refractivity contribution >= 4 is 72.1 Å². The SMILES string of the molecule is C[C@]1(COP(O)(=S)O[C@@H]2[C@@H](F)[C@@H](CCO)O[C@H]2n2nnc3c(=O)[nH]c(N)nc32)C[C@@H](OCO[P+](=O)S)[C@H](n2cnc3c(N)ncnc32)O1. The number of aliphatic hydroxyl groups excluding tert-OH is 1. The number of thiol groups is 1. The number of nitrogens with one attached hydrogen (secondary N) is 1. The van der Waals surface area contributed by atoms with E-state index in [1.54, 1.807) is 11.5 Å². The fourth-order valence-corrected chi connectivity index (χ4v) is 7.20. The van der Waals surface area contributed by atoms with Crippen molar-refractivity contribution in [3.8, 4) is 0 Å². The van der Waals surface area contributed by atoms with E-state index >= 15 is 4.39 Å². The first-order chi connectivity index (χ1) is 22.8. The van der Waals surface area contributed by atoms with Gasteiger partial charge in [0.2, 0.25) is 12.7 Å². The molecule has 0 amide bonds. The third kappa shape index (κ3) is 7.06. The van der Waals surface area contributed by atoms with Gasteiger partial charge in [0.1, 0.15) is 36.3 Å². The fraction of sp³-hybridized carbons (Fsp3) is 0.591. The Morgan fingerprint density at radius 2 is 2.08 bits per heavy atom. The molecule has 0 bridgehead atoms. The molecule has 0 saturated carbocycles. The maximum absolute atomic E-state index is 15.7. The third-order valence-corrected chi connectivity index (χ3v) is 9.73. The first kappa shape index (κ1) is 35.0. The van der Waals surface area contributed by atoms with Crippen LogP contribution in [0.5, 0.6) is 0 Å². The van der Waals surface area contributed by atoms with Gasteiger partial charge in [0.15, 0.2) is 41.3 Å². The topological polar surface area (TPSA) is 285 Å². The van der Waals surface area contributed by atoms with Crippen LogP contribution in [0.2, 0.25) is 0 Å². The first-order valence-corrected chi connectivity index (χ1v) is 18.9. The average Bonchev–Trinajstić information content (AvgIpc) is 3.78. The molecule has 26 heteroatoms. The summed E-state index contributed by atoms with van der Waals surface area (Å²) in [6.07, 6.45) is -5.26. The highest BCUT2D eigenvalue weighted by Gasteiger charge is 2.51. The second-order valence-corrected chi connectivity index (χ2v) is 15.4. The summed E-state index contributed by atoms with van der Waals surface area (Å²) in [6, 6.07) is 0. The molecule has 7 N–H and O–H groups in total. The molecular weight excluding hydrogens is 723 g/mol. The van der Waals surface area contributed by atoms with Crippen LogP contribution < -0.4 is 17.0 Å². The minimum atomic E-state index is -4.29. The zero-order valence-corrected chi connectivity index (χ0v) is 28.2. The summed E-state index contributed by atoms with van der Waals surface area (Å²) in [5.41, 5.74) is 10.00. The van der Waals surface area contributed by atoms with E-state index in [0.29, 0.717) is 11.2 Å². The van der Waals surface area contributed by atoms with Crippen LogP contribution in [0.1, 0.15) is 32.2 Å². The Labute approximate surface area is 279 Å². The maximum Gasteiger partial charge on any atom is 0.584 e. The Morgan fingerprint density at radius 3 is 2.83 bits per heavy atom. The molecule has 2 fully saturated rings. The van der Waals surface area contributed by atoms with Gasteiger partial charge in [-0.2, -0.15) is 9.67 Å². The molecule has 2 aliphatic rings. The molecule has 2 saturated heterocycles. The Morgan fingerprint density at radius 1 is 1.29 bits per heavy atom. The van der Waals surface area contributed by atoms with Crippen LogP contribution in [0, 0.1) is 0 Å². The van der Waals surface area contributed by atoms with Crippen molar-refractivity contribution in [2.24, 2.45) is 0 Å². The Kier molecular flexibility index (Phi) is 10.1. The van der Waals surface area contributed by atoms with Crippen molar-refractivity contribution in [2.75, 3.05) is 31.5 Å². The average molecular weight is 753 g/mol. The number of hydrogen-bond acceptors (Lipinski definition) is 18.